The number of anilines is 1. The number of nitrogens with zero attached hydrogens (tertiary/aromatic N) is 5. The van der Waals surface area contributed by atoms with Gasteiger partial charge in [0.05, 0.1) is 18.4 Å². The highest BCUT2D eigenvalue weighted by molar-refractivity contribution is 6.05. The summed E-state index contributed by atoms with van der Waals surface area (Å²) >= 11 is 0. The molecule has 2 aromatic heterocycles. The Morgan fingerprint density at radius 2 is 2.00 bits per heavy atom. The van der Waals surface area contributed by atoms with Crippen LogP contribution in [0.5, 0.6) is 5.88 Å². The molecule has 1 amide bonds. The molecule has 1 aromatic carbocycles. The Hall–Kier alpha value is -3.22. The molecule has 25 heavy (non-hydrogen) atoms. The molecule has 126 valence electrons. The zero-order valence-electron chi connectivity index (χ0n) is 13.8. The van der Waals surface area contributed by atoms with Crippen molar-refractivity contribution in [2.45, 2.75) is 20.1 Å². The molecule has 0 aliphatic carbocycles. The third-order valence-corrected chi connectivity index (χ3v) is 4.01. The summed E-state index contributed by atoms with van der Waals surface area (Å²) in [6, 6.07) is 11.5. The molecule has 3 heterocycles. The molecule has 0 bridgehead atoms. The van der Waals surface area contributed by atoms with Gasteiger partial charge in [0, 0.05) is 18.8 Å². The van der Waals surface area contributed by atoms with Gasteiger partial charge < -0.3 is 4.74 Å². The summed E-state index contributed by atoms with van der Waals surface area (Å²) in [5.41, 5.74) is 2.32. The van der Waals surface area contributed by atoms with E-state index >= 15 is 0 Å². The summed E-state index contributed by atoms with van der Waals surface area (Å²) < 4.78 is 7.41. The number of amides is 1. The zero-order chi connectivity index (χ0) is 17.2. The second-order valence-electron chi connectivity index (χ2n) is 5.84. The summed E-state index contributed by atoms with van der Waals surface area (Å²) in [7, 11) is 0. The standard InChI is InChI=1S/C18H17N5O2/c1-13-10-19-11-16(20-13)22-7-8-23-15(18(22)24)9-17(21-23)25-12-14-5-3-2-4-6-14/h2-6,9-11H,7-8,12H2,1H3. The van der Waals surface area contributed by atoms with Crippen LogP contribution in [0.15, 0.2) is 48.8 Å². The van der Waals surface area contributed by atoms with Gasteiger partial charge in [0.2, 0.25) is 5.88 Å². The average Bonchev–Trinajstić information content (AvgIpc) is 3.05. The van der Waals surface area contributed by atoms with Crippen molar-refractivity contribution in [2.24, 2.45) is 0 Å². The van der Waals surface area contributed by atoms with E-state index in [2.05, 4.69) is 15.1 Å². The lowest BCUT2D eigenvalue weighted by molar-refractivity contribution is 0.0961. The van der Waals surface area contributed by atoms with Gasteiger partial charge in [0.1, 0.15) is 12.3 Å². The fourth-order valence-electron chi connectivity index (χ4n) is 2.77. The number of ether oxygens (including phenoxy) is 1. The highest BCUT2D eigenvalue weighted by Gasteiger charge is 2.28. The lowest BCUT2D eigenvalue weighted by Gasteiger charge is -2.26. The molecule has 1 aliphatic heterocycles. The predicted molar refractivity (Wildman–Crippen MR) is 91.4 cm³/mol. The zero-order valence-corrected chi connectivity index (χ0v) is 13.8. The number of carbonyl (C=O) groups excluding carboxylic acids is 1. The van der Waals surface area contributed by atoms with Crippen LogP contribution in [0.4, 0.5) is 5.82 Å². The first-order chi connectivity index (χ1) is 12.2. The molecule has 0 unspecified atom stereocenters. The molecule has 0 spiro atoms. The van der Waals surface area contributed by atoms with Crippen LogP contribution in [0.1, 0.15) is 21.7 Å². The number of hydrogen-bond acceptors (Lipinski definition) is 5. The van der Waals surface area contributed by atoms with E-state index in [1.807, 2.05) is 37.3 Å². The number of aromatic nitrogens is 4. The largest absolute Gasteiger partial charge is 0.472 e. The first-order valence-electron chi connectivity index (χ1n) is 8.06. The molecule has 0 saturated heterocycles. The van der Waals surface area contributed by atoms with Crippen LogP contribution in [0.3, 0.4) is 0 Å². The normalized spacial score (nSPS) is 13.6. The molecule has 0 atom stereocenters. The van der Waals surface area contributed by atoms with Gasteiger partial charge in [-0.3, -0.25) is 19.4 Å². The van der Waals surface area contributed by atoms with Crippen molar-refractivity contribution >= 4 is 11.7 Å². The smallest absolute Gasteiger partial charge is 0.277 e. The van der Waals surface area contributed by atoms with E-state index in [9.17, 15) is 4.79 Å². The van der Waals surface area contributed by atoms with Gasteiger partial charge in [-0.2, -0.15) is 0 Å². The molecule has 1 aliphatic rings. The summed E-state index contributed by atoms with van der Waals surface area (Å²) in [6.45, 7) is 3.36. The van der Waals surface area contributed by atoms with Crippen molar-refractivity contribution < 1.29 is 9.53 Å². The fourth-order valence-corrected chi connectivity index (χ4v) is 2.77. The van der Waals surface area contributed by atoms with Crippen molar-refractivity contribution in [3.63, 3.8) is 0 Å². The second-order valence-corrected chi connectivity index (χ2v) is 5.84. The highest BCUT2D eigenvalue weighted by Crippen LogP contribution is 2.22. The van der Waals surface area contributed by atoms with E-state index in [4.69, 9.17) is 4.74 Å². The first-order valence-corrected chi connectivity index (χ1v) is 8.06. The van der Waals surface area contributed by atoms with Gasteiger partial charge in [0.15, 0.2) is 5.82 Å². The number of hydrogen-bond donors (Lipinski definition) is 0. The lowest BCUT2D eigenvalue weighted by Crippen LogP contribution is -2.41. The average molecular weight is 335 g/mol. The minimum absolute atomic E-state index is 0.145. The molecule has 7 nitrogen and oxygen atoms in total. The molecular formula is C18H17N5O2. The molecule has 3 aromatic rings. The van der Waals surface area contributed by atoms with Crippen LogP contribution in [0.25, 0.3) is 0 Å². The van der Waals surface area contributed by atoms with E-state index in [0.29, 0.717) is 37.1 Å². The Kier molecular flexibility index (Phi) is 3.89. The van der Waals surface area contributed by atoms with Crippen LogP contribution in [0, 0.1) is 6.92 Å². The Morgan fingerprint density at radius 1 is 1.16 bits per heavy atom. The maximum atomic E-state index is 12.8. The summed E-state index contributed by atoms with van der Waals surface area (Å²) in [4.78, 5) is 22.9. The van der Waals surface area contributed by atoms with Gasteiger partial charge in [0.25, 0.3) is 5.91 Å². The van der Waals surface area contributed by atoms with E-state index in [0.717, 1.165) is 11.3 Å². The SMILES string of the molecule is Cc1cncc(N2CCn3nc(OCc4ccccc4)cc3C2=O)n1. The van der Waals surface area contributed by atoms with Crippen molar-refractivity contribution in [3.8, 4) is 5.88 Å². The molecule has 0 radical (unpaired) electrons. The lowest BCUT2D eigenvalue weighted by atomic mass is 10.2. The monoisotopic (exact) mass is 335 g/mol. The van der Waals surface area contributed by atoms with E-state index in [1.165, 1.54) is 0 Å². The van der Waals surface area contributed by atoms with Gasteiger partial charge in [-0.25, -0.2) is 4.98 Å². The van der Waals surface area contributed by atoms with Crippen molar-refractivity contribution in [3.05, 3.63) is 65.7 Å². The molecule has 0 N–H and O–H groups in total. The van der Waals surface area contributed by atoms with Gasteiger partial charge in [-0.15, -0.1) is 5.10 Å². The molecule has 7 heteroatoms. The van der Waals surface area contributed by atoms with Gasteiger partial charge in [-0.1, -0.05) is 30.3 Å². The topological polar surface area (TPSA) is 73.1 Å². The Morgan fingerprint density at radius 3 is 2.80 bits per heavy atom. The predicted octanol–water partition coefficient (Wildman–Crippen LogP) is 2.22. The van der Waals surface area contributed by atoms with Crippen LogP contribution in [-0.4, -0.2) is 32.2 Å². The summed E-state index contributed by atoms with van der Waals surface area (Å²) in [6.07, 6.45) is 3.27. The van der Waals surface area contributed by atoms with Crippen molar-refractivity contribution in [1.29, 1.82) is 0 Å². The fraction of sp³-hybridized carbons (Fsp3) is 0.222. The maximum Gasteiger partial charge on any atom is 0.277 e. The highest BCUT2D eigenvalue weighted by atomic mass is 16.5. The van der Waals surface area contributed by atoms with Crippen LogP contribution in [0.2, 0.25) is 0 Å². The third kappa shape index (κ3) is 3.08. The molecule has 4 rings (SSSR count). The van der Waals surface area contributed by atoms with Crippen LogP contribution >= 0.6 is 0 Å². The van der Waals surface area contributed by atoms with Crippen molar-refractivity contribution in [1.82, 2.24) is 19.7 Å². The Balaban J connectivity index is 1.53. The van der Waals surface area contributed by atoms with E-state index < -0.39 is 0 Å². The van der Waals surface area contributed by atoms with Crippen LogP contribution in [-0.2, 0) is 13.2 Å². The molecule has 0 saturated carbocycles. The Bertz CT molecular complexity index is 907. The number of benzene rings is 1. The van der Waals surface area contributed by atoms with E-state index in [-0.39, 0.29) is 5.91 Å². The quantitative estimate of drug-likeness (QED) is 0.731. The first kappa shape index (κ1) is 15.3. The second kappa shape index (κ2) is 6.35. The van der Waals surface area contributed by atoms with Crippen molar-refractivity contribution in [2.75, 3.05) is 11.4 Å². The maximum absolute atomic E-state index is 12.8. The third-order valence-electron chi connectivity index (χ3n) is 4.01. The number of carbonyl (C=O) groups is 1. The molecular weight excluding hydrogens is 318 g/mol. The van der Waals surface area contributed by atoms with Crippen LogP contribution < -0.4 is 9.64 Å². The molecule has 0 fully saturated rings. The minimum Gasteiger partial charge on any atom is -0.472 e. The number of rotatable bonds is 4. The summed E-state index contributed by atoms with van der Waals surface area (Å²) in [5.74, 6) is 0.863. The Labute approximate surface area is 144 Å². The van der Waals surface area contributed by atoms with E-state index in [1.54, 1.807) is 28.0 Å². The van der Waals surface area contributed by atoms with Gasteiger partial charge >= 0.3 is 0 Å². The number of aryl methyl sites for hydroxylation is 1. The minimum atomic E-state index is -0.145. The summed E-state index contributed by atoms with van der Waals surface area (Å²) in [5, 5.41) is 4.37. The van der Waals surface area contributed by atoms with Gasteiger partial charge in [-0.05, 0) is 12.5 Å². The number of fused-ring (bicyclic) bond motifs is 1.